The summed E-state index contributed by atoms with van der Waals surface area (Å²) in [7, 11) is 0. The molecule has 0 saturated heterocycles. The van der Waals surface area contributed by atoms with Gasteiger partial charge in [0.25, 0.3) is 0 Å². The molecule has 0 unspecified atom stereocenters. The van der Waals surface area contributed by atoms with Crippen LogP contribution in [-0.2, 0) is 0 Å². The lowest BCUT2D eigenvalue weighted by Gasteiger charge is -2.22. The number of para-hydroxylation sites is 1. The third kappa shape index (κ3) is 2.73. The van der Waals surface area contributed by atoms with Gasteiger partial charge in [-0.05, 0) is 29.8 Å². The summed E-state index contributed by atoms with van der Waals surface area (Å²) >= 11 is 14.1. The van der Waals surface area contributed by atoms with Crippen LogP contribution in [0.3, 0.4) is 0 Å². The first-order chi connectivity index (χ1) is 13.1. The molecule has 0 bridgehead atoms. The summed E-state index contributed by atoms with van der Waals surface area (Å²) < 4.78 is 0. The van der Waals surface area contributed by atoms with Crippen molar-refractivity contribution in [2.75, 3.05) is 0 Å². The van der Waals surface area contributed by atoms with Crippen molar-refractivity contribution in [3.05, 3.63) is 93.5 Å². The lowest BCUT2D eigenvalue weighted by Crippen LogP contribution is -2.22. The average molecular weight is 410 g/mol. The van der Waals surface area contributed by atoms with E-state index in [1.165, 1.54) is 0 Å². The Morgan fingerprint density at radius 1 is 0.852 bits per heavy atom. The second-order valence-corrected chi connectivity index (χ2v) is 8.56. The number of thioether (sulfide) groups is 1. The van der Waals surface area contributed by atoms with Crippen molar-refractivity contribution in [2.24, 2.45) is 10.9 Å². The average Bonchev–Trinajstić information content (AvgIpc) is 2.85. The summed E-state index contributed by atoms with van der Waals surface area (Å²) in [5.41, 5.74) is 4.38. The molecule has 132 valence electrons. The standard InChI is InChI=1S/C22H13Cl2NOS/c23-15-10-9-12(11-16(15)24)22-19-20(13-5-1-2-6-14(13)21(19)26)25-17-7-3-4-8-18(17)27-22/h1-11,19,22H/t19-,22-/m0/s1. The van der Waals surface area contributed by atoms with E-state index < -0.39 is 0 Å². The van der Waals surface area contributed by atoms with Crippen LogP contribution in [0.2, 0.25) is 10.0 Å². The van der Waals surface area contributed by atoms with Crippen LogP contribution in [0.4, 0.5) is 5.69 Å². The second kappa shape index (κ2) is 6.52. The summed E-state index contributed by atoms with van der Waals surface area (Å²) in [6.07, 6.45) is 0. The fourth-order valence-corrected chi connectivity index (χ4v) is 5.37. The second-order valence-electron chi connectivity index (χ2n) is 6.56. The minimum absolute atomic E-state index is 0.112. The highest BCUT2D eigenvalue weighted by Crippen LogP contribution is 2.51. The quantitative estimate of drug-likeness (QED) is 0.443. The fourth-order valence-electron chi connectivity index (χ4n) is 3.72. The molecule has 0 N–H and O–H groups in total. The summed E-state index contributed by atoms with van der Waals surface area (Å²) in [4.78, 5) is 19.3. The highest BCUT2D eigenvalue weighted by Gasteiger charge is 2.44. The number of hydrogen-bond acceptors (Lipinski definition) is 3. The summed E-state index contributed by atoms with van der Waals surface area (Å²) in [6, 6.07) is 21.3. The van der Waals surface area contributed by atoms with Crippen LogP contribution in [-0.4, -0.2) is 11.5 Å². The van der Waals surface area contributed by atoms with E-state index in [2.05, 4.69) is 0 Å². The van der Waals surface area contributed by atoms with E-state index in [1.807, 2.05) is 60.7 Å². The molecule has 2 nitrogen and oxygen atoms in total. The van der Waals surface area contributed by atoms with Gasteiger partial charge in [-0.2, -0.15) is 0 Å². The Hall–Kier alpha value is -2.07. The van der Waals surface area contributed by atoms with E-state index in [0.29, 0.717) is 10.0 Å². The van der Waals surface area contributed by atoms with Crippen molar-refractivity contribution in [3.8, 4) is 0 Å². The molecule has 0 amide bonds. The van der Waals surface area contributed by atoms with Crippen LogP contribution < -0.4 is 0 Å². The number of Topliss-reactive ketones (excluding diaryl/α,β-unsaturated/α-hetero) is 1. The van der Waals surface area contributed by atoms with Crippen molar-refractivity contribution in [2.45, 2.75) is 10.1 Å². The molecule has 1 aliphatic carbocycles. The van der Waals surface area contributed by atoms with Gasteiger partial charge < -0.3 is 0 Å². The number of halogens is 2. The van der Waals surface area contributed by atoms with E-state index in [4.69, 9.17) is 28.2 Å². The van der Waals surface area contributed by atoms with Crippen molar-refractivity contribution in [3.63, 3.8) is 0 Å². The van der Waals surface area contributed by atoms with Crippen molar-refractivity contribution in [1.82, 2.24) is 0 Å². The highest BCUT2D eigenvalue weighted by atomic mass is 35.5. The molecule has 0 aromatic heterocycles. The third-order valence-electron chi connectivity index (χ3n) is 4.98. The SMILES string of the molecule is O=C1c2ccccc2C2=Nc3ccccc3S[C@@H](c3ccc(Cl)c(Cl)c3)[C@H]12. The van der Waals surface area contributed by atoms with E-state index in [9.17, 15) is 4.79 Å². The maximum absolute atomic E-state index is 13.3. The Balaban J connectivity index is 1.75. The van der Waals surface area contributed by atoms with Crippen LogP contribution in [0.1, 0.15) is 26.7 Å². The Labute approximate surface area is 171 Å². The maximum atomic E-state index is 13.3. The smallest absolute Gasteiger partial charge is 0.174 e. The number of nitrogens with zero attached hydrogens (tertiary/aromatic N) is 1. The number of fused-ring (bicyclic) bond motifs is 4. The molecule has 27 heavy (non-hydrogen) atoms. The van der Waals surface area contributed by atoms with Gasteiger partial charge in [0.05, 0.1) is 32.6 Å². The maximum Gasteiger partial charge on any atom is 0.174 e. The minimum Gasteiger partial charge on any atom is -0.293 e. The molecule has 5 heteroatoms. The van der Waals surface area contributed by atoms with E-state index in [1.54, 1.807) is 17.8 Å². The number of ketones is 1. The first-order valence-electron chi connectivity index (χ1n) is 8.56. The molecule has 2 atom stereocenters. The zero-order chi connectivity index (χ0) is 18.5. The molecule has 0 spiro atoms. The minimum atomic E-state index is -0.350. The molecule has 3 aromatic carbocycles. The zero-order valence-electron chi connectivity index (χ0n) is 14.0. The lowest BCUT2D eigenvalue weighted by molar-refractivity contribution is 0.0960. The first kappa shape index (κ1) is 17.1. The Bertz CT molecular complexity index is 1120. The summed E-state index contributed by atoms with van der Waals surface area (Å²) in [5.74, 6) is -0.238. The highest BCUT2D eigenvalue weighted by molar-refractivity contribution is 7.99. The molecule has 1 aliphatic heterocycles. The number of benzene rings is 3. The topological polar surface area (TPSA) is 29.4 Å². The Kier molecular flexibility index (Phi) is 4.12. The van der Waals surface area contributed by atoms with Crippen molar-refractivity contribution >= 4 is 52.1 Å². The number of hydrogen-bond donors (Lipinski definition) is 0. The molecule has 3 aromatic rings. The summed E-state index contributed by atoms with van der Waals surface area (Å²) in [6.45, 7) is 0. The van der Waals surface area contributed by atoms with Gasteiger partial charge in [-0.3, -0.25) is 9.79 Å². The molecule has 5 rings (SSSR count). The van der Waals surface area contributed by atoms with E-state index in [0.717, 1.165) is 33.0 Å². The molecular weight excluding hydrogens is 397 g/mol. The lowest BCUT2D eigenvalue weighted by atomic mass is 9.93. The number of aliphatic imine (C=N–C) groups is 1. The number of carbonyl (C=O) groups excluding carboxylic acids is 1. The van der Waals surface area contributed by atoms with Crippen LogP contribution in [0, 0.1) is 5.92 Å². The molecule has 0 radical (unpaired) electrons. The van der Waals surface area contributed by atoms with Gasteiger partial charge in [0.15, 0.2) is 5.78 Å². The number of carbonyl (C=O) groups is 1. The van der Waals surface area contributed by atoms with Gasteiger partial charge in [-0.25, -0.2) is 0 Å². The third-order valence-corrected chi connectivity index (χ3v) is 7.12. The first-order valence-corrected chi connectivity index (χ1v) is 10.2. The van der Waals surface area contributed by atoms with Gasteiger partial charge in [0.2, 0.25) is 0 Å². The monoisotopic (exact) mass is 409 g/mol. The Morgan fingerprint density at radius 2 is 1.59 bits per heavy atom. The van der Waals surface area contributed by atoms with Crippen LogP contribution in [0.5, 0.6) is 0 Å². The van der Waals surface area contributed by atoms with Gasteiger partial charge in [-0.15, -0.1) is 11.8 Å². The van der Waals surface area contributed by atoms with Crippen LogP contribution >= 0.6 is 35.0 Å². The molecule has 2 aliphatic rings. The molecule has 1 heterocycles. The van der Waals surface area contributed by atoms with Crippen molar-refractivity contribution in [1.29, 1.82) is 0 Å². The van der Waals surface area contributed by atoms with Crippen LogP contribution in [0.15, 0.2) is 76.6 Å². The van der Waals surface area contributed by atoms with Gasteiger partial charge in [0, 0.05) is 16.0 Å². The van der Waals surface area contributed by atoms with Crippen molar-refractivity contribution < 1.29 is 4.79 Å². The van der Waals surface area contributed by atoms with Gasteiger partial charge in [0.1, 0.15) is 0 Å². The predicted molar refractivity (Wildman–Crippen MR) is 112 cm³/mol. The fraction of sp³-hybridized carbons (Fsp3) is 0.0909. The zero-order valence-corrected chi connectivity index (χ0v) is 16.4. The van der Waals surface area contributed by atoms with E-state index in [-0.39, 0.29) is 17.0 Å². The largest absolute Gasteiger partial charge is 0.293 e. The van der Waals surface area contributed by atoms with Crippen LogP contribution in [0.25, 0.3) is 0 Å². The molecule has 0 fully saturated rings. The normalized spacial score (nSPS) is 20.4. The summed E-state index contributed by atoms with van der Waals surface area (Å²) in [5, 5.41) is 0.880. The van der Waals surface area contributed by atoms with E-state index >= 15 is 0 Å². The predicted octanol–water partition coefficient (Wildman–Crippen LogP) is 6.77. The van der Waals surface area contributed by atoms with Gasteiger partial charge in [-0.1, -0.05) is 65.7 Å². The Morgan fingerprint density at radius 3 is 2.41 bits per heavy atom. The molecular formula is C22H13Cl2NOS. The number of rotatable bonds is 1. The molecule has 0 saturated carbocycles. The van der Waals surface area contributed by atoms with Gasteiger partial charge >= 0.3 is 0 Å².